The van der Waals surface area contributed by atoms with Crippen molar-refractivity contribution in [2.75, 3.05) is 0 Å². The summed E-state index contributed by atoms with van der Waals surface area (Å²) in [5.74, 6) is 5.38. The minimum atomic E-state index is -0.487. The maximum atomic E-state index is 14.2. The van der Waals surface area contributed by atoms with E-state index in [4.69, 9.17) is 5.84 Å². The number of nitrogens with one attached hydrogen (secondary N) is 1. The molecule has 0 bridgehead atoms. The van der Waals surface area contributed by atoms with Gasteiger partial charge in [-0.15, -0.1) is 0 Å². The number of nitrogens with zero attached hydrogens (tertiary/aromatic N) is 1. The second-order valence-corrected chi connectivity index (χ2v) is 5.54. The minimum Gasteiger partial charge on any atom is -0.271 e. The van der Waals surface area contributed by atoms with Crippen molar-refractivity contribution in [3.05, 3.63) is 76.3 Å². The molecule has 3 N–H and O–H groups in total. The van der Waals surface area contributed by atoms with Crippen molar-refractivity contribution in [3.8, 4) is 0 Å². The first kappa shape index (κ1) is 14.1. The van der Waals surface area contributed by atoms with Gasteiger partial charge in [-0.3, -0.25) is 10.8 Å². The molecule has 0 aliphatic carbocycles. The molecule has 1 aromatic heterocycles. The molecule has 3 nitrogen and oxygen atoms in total. The Hall–Kier alpha value is -1.82. The summed E-state index contributed by atoms with van der Waals surface area (Å²) in [6.07, 6.45) is 3.49. The number of hydrazine groups is 1. The first-order valence-electron chi connectivity index (χ1n) is 6.45. The summed E-state index contributed by atoms with van der Waals surface area (Å²) in [5.41, 5.74) is 4.00. The van der Waals surface area contributed by atoms with Crippen LogP contribution in [-0.2, 0) is 0 Å². The molecule has 1 heterocycles. The summed E-state index contributed by atoms with van der Waals surface area (Å²) >= 11 is 3.39. The predicted octanol–water partition coefficient (Wildman–Crippen LogP) is 3.69. The monoisotopic (exact) mass is 345 g/mol. The van der Waals surface area contributed by atoms with Gasteiger partial charge in [0, 0.05) is 33.4 Å². The van der Waals surface area contributed by atoms with Gasteiger partial charge in [-0.2, -0.15) is 0 Å². The van der Waals surface area contributed by atoms with Gasteiger partial charge in [0.25, 0.3) is 0 Å². The Labute approximate surface area is 130 Å². The average Bonchev–Trinajstić information content (AvgIpc) is 2.51. The highest BCUT2D eigenvalue weighted by Gasteiger charge is 2.21. The maximum Gasteiger partial charge on any atom is 0.129 e. The minimum absolute atomic E-state index is 0.319. The van der Waals surface area contributed by atoms with Gasteiger partial charge in [0.05, 0.1) is 6.04 Å². The average molecular weight is 346 g/mol. The first-order chi connectivity index (χ1) is 10.2. The Morgan fingerprint density at radius 2 is 1.90 bits per heavy atom. The van der Waals surface area contributed by atoms with Crippen LogP contribution in [0.4, 0.5) is 4.39 Å². The summed E-state index contributed by atoms with van der Waals surface area (Å²) < 4.78 is 14.9. The van der Waals surface area contributed by atoms with Crippen molar-refractivity contribution in [2.45, 2.75) is 6.04 Å². The van der Waals surface area contributed by atoms with Crippen molar-refractivity contribution >= 4 is 26.7 Å². The molecule has 2 aromatic carbocycles. The van der Waals surface area contributed by atoms with Crippen molar-refractivity contribution in [1.29, 1.82) is 0 Å². The molecule has 0 aliphatic heterocycles. The zero-order valence-corrected chi connectivity index (χ0v) is 12.6. The Morgan fingerprint density at radius 3 is 2.67 bits per heavy atom. The van der Waals surface area contributed by atoms with Crippen molar-refractivity contribution < 1.29 is 4.39 Å². The van der Waals surface area contributed by atoms with Gasteiger partial charge in [0.15, 0.2) is 0 Å². The molecule has 5 heteroatoms. The molecule has 0 saturated carbocycles. The van der Waals surface area contributed by atoms with Crippen LogP contribution in [-0.4, -0.2) is 4.98 Å². The number of hydrogen-bond donors (Lipinski definition) is 2. The Bertz CT molecular complexity index is 766. The van der Waals surface area contributed by atoms with Crippen molar-refractivity contribution in [2.24, 2.45) is 5.84 Å². The van der Waals surface area contributed by atoms with Crippen LogP contribution in [0.25, 0.3) is 10.8 Å². The molecule has 0 fully saturated rings. The molecule has 106 valence electrons. The summed E-state index contributed by atoms with van der Waals surface area (Å²) in [7, 11) is 0. The van der Waals surface area contributed by atoms with E-state index in [0.717, 1.165) is 16.3 Å². The van der Waals surface area contributed by atoms with E-state index in [1.807, 2.05) is 24.3 Å². The number of benzene rings is 2. The number of aromatic nitrogens is 1. The third kappa shape index (κ3) is 2.55. The van der Waals surface area contributed by atoms with Crippen LogP contribution in [0.3, 0.4) is 0 Å². The predicted molar refractivity (Wildman–Crippen MR) is 85.0 cm³/mol. The third-order valence-electron chi connectivity index (χ3n) is 3.47. The zero-order chi connectivity index (χ0) is 14.8. The number of fused-ring (bicyclic) bond motifs is 1. The van der Waals surface area contributed by atoms with Gasteiger partial charge in [0.1, 0.15) is 5.82 Å². The second-order valence-electron chi connectivity index (χ2n) is 4.68. The molecule has 3 rings (SSSR count). The molecule has 1 atom stereocenters. The van der Waals surface area contributed by atoms with Gasteiger partial charge in [0.2, 0.25) is 0 Å². The van der Waals surface area contributed by atoms with Crippen LogP contribution < -0.4 is 11.3 Å². The van der Waals surface area contributed by atoms with E-state index in [1.54, 1.807) is 24.5 Å². The van der Waals surface area contributed by atoms with Crippen LogP contribution in [0, 0.1) is 5.82 Å². The van der Waals surface area contributed by atoms with Crippen LogP contribution in [0.15, 0.2) is 59.3 Å². The molecule has 0 amide bonds. The fourth-order valence-corrected chi connectivity index (χ4v) is 3.06. The molecule has 0 radical (unpaired) electrons. The molecule has 0 saturated heterocycles. The Morgan fingerprint density at radius 1 is 1.10 bits per heavy atom. The maximum absolute atomic E-state index is 14.2. The van der Waals surface area contributed by atoms with Crippen LogP contribution in [0.1, 0.15) is 17.2 Å². The van der Waals surface area contributed by atoms with E-state index < -0.39 is 6.04 Å². The van der Waals surface area contributed by atoms with E-state index in [2.05, 4.69) is 26.3 Å². The standard InChI is InChI=1S/C16H13BrFN3/c17-13-6-3-7-14(18)15(13)16(21-19)12-9-20-8-10-4-1-2-5-11(10)12/h1-9,16,21H,19H2. The van der Waals surface area contributed by atoms with E-state index in [-0.39, 0.29) is 5.82 Å². The molecule has 21 heavy (non-hydrogen) atoms. The first-order valence-corrected chi connectivity index (χ1v) is 7.24. The lowest BCUT2D eigenvalue weighted by Crippen LogP contribution is -2.30. The van der Waals surface area contributed by atoms with Crippen LogP contribution >= 0.6 is 15.9 Å². The second kappa shape index (κ2) is 5.89. The quantitative estimate of drug-likeness (QED) is 0.562. The fraction of sp³-hybridized carbons (Fsp3) is 0.0625. The zero-order valence-electron chi connectivity index (χ0n) is 11.1. The highest BCUT2D eigenvalue weighted by molar-refractivity contribution is 9.10. The molecule has 0 spiro atoms. The number of pyridine rings is 1. The van der Waals surface area contributed by atoms with E-state index in [9.17, 15) is 4.39 Å². The lowest BCUT2D eigenvalue weighted by molar-refractivity contribution is 0.559. The third-order valence-corrected chi connectivity index (χ3v) is 4.16. The van der Waals surface area contributed by atoms with E-state index >= 15 is 0 Å². The Balaban J connectivity index is 2.24. The smallest absolute Gasteiger partial charge is 0.129 e. The largest absolute Gasteiger partial charge is 0.271 e. The normalized spacial score (nSPS) is 12.5. The van der Waals surface area contributed by atoms with Gasteiger partial charge < -0.3 is 0 Å². The van der Waals surface area contributed by atoms with Gasteiger partial charge in [-0.25, -0.2) is 9.82 Å². The molecule has 0 aliphatic rings. The Kier molecular flexibility index (Phi) is 3.96. The van der Waals surface area contributed by atoms with Crippen LogP contribution in [0.5, 0.6) is 0 Å². The van der Waals surface area contributed by atoms with Gasteiger partial charge >= 0.3 is 0 Å². The van der Waals surface area contributed by atoms with Crippen molar-refractivity contribution in [3.63, 3.8) is 0 Å². The number of nitrogens with two attached hydrogens (primary N) is 1. The summed E-state index contributed by atoms with van der Waals surface area (Å²) in [5, 5.41) is 1.98. The van der Waals surface area contributed by atoms with E-state index in [0.29, 0.717) is 10.0 Å². The van der Waals surface area contributed by atoms with Gasteiger partial charge in [-0.05, 0) is 17.5 Å². The highest BCUT2D eigenvalue weighted by Crippen LogP contribution is 2.33. The van der Waals surface area contributed by atoms with Crippen LogP contribution in [0.2, 0.25) is 0 Å². The SMILES string of the molecule is NNC(c1c(F)cccc1Br)c1cncc2ccccc12. The lowest BCUT2D eigenvalue weighted by Gasteiger charge is -2.20. The number of rotatable bonds is 3. The number of halogens is 2. The molecular weight excluding hydrogens is 333 g/mol. The van der Waals surface area contributed by atoms with Gasteiger partial charge in [-0.1, -0.05) is 46.3 Å². The highest BCUT2D eigenvalue weighted by atomic mass is 79.9. The molecule has 3 aromatic rings. The lowest BCUT2D eigenvalue weighted by atomic mass is 9.96. The summed E-state index contributed by atoms with van der Waals surface area (Å²) in [6.45, 7) is 0. The summed E-state index contributed by atoms with van der Waals surface area (Å²) in [4.78, 5) is 4.23. The van der Waals surface area contributed by atoms with Crippen molar-refractivity contribution in [1.82, 2.24) is 10.4 Å². The molecular formula is C16H13BrFN3. The fourth-order valence-electron chi connectivity index (χ4n) is 2.49. The molecule has 1 unspecified atom stereocenters. The van der Waals surface area contributed by atoms with E-state index in [1.165, 1.54) is 6.07 Å². The topological polar surface area (TPSA) is 50.9 Å². The number of hydrogen-bond acceptors (Lipinski definition) is 3. The summed E-state index contributed by atoms with van der Waals surface area (Å²) in [6, 6.07) is 12.2.